The summed E-state index contributed by atoms with van der Waals surface area (Å²) in [7, 11) is 0. The molecular weight excluding hydrogens is 242 g/mol. The Morgan fingerprint density at radius 3 is 2.68 bits per heavy atom. The second kappa shape index (κ2) is 5.55. The van der Waals surface area contributed by atoms with E-state index < -0.39 is 11.4 Å². The molecule has 0 amide bonds. The Kier molecular flexibility index (Phi) is 4.02. The fraction of sp³-hybridized carbons (Fsp3) is 0.643. The summed E-state index contributed by atoms with van der Waals surface area (Å²) >= 11 is 0. The highest BCUT2D eigenvalue weighted by Gasteiger charge is 2.40. The van der Waals surface area contributed by atoms with Crippen molar-refractivity contribution in [2.45, 2.75) is 39.5 Å². The van der Waals surface area contributed by atoms with Crippen LogP contribution >= 0.6 is 0 Å². The van der Waals surface area contributed by atoms with Gasteiger partial charge >= 0.3 is 5.97 Å². The maximum Gasteiger partial charge on any atom is 0.309 e. The molecule has 0 spiro atoms. The van der Waals surface area contributed by atoms with Gasteiger partial charge in [-0.25, -0.2) is 9.97 Å². The Bertz CT molecular complexity index is 454. The van der Waals surface area contributed by atoms with Gasteiger partial charge in [0.2, 0.25) is 0 Å². The van der Waals surface area contributed by atoms with Gasteiger partial charge in [0.15, 0.2) is 0 Å². The van der Waals surface area contributed by atoms with Gasteiger partial charge in [-0.1, -0.05) is 13.3 Å². The molecule has 5 nitrogen and oxygen atoms in total. The fourth-order valence-corrected chi connectivity index (χ4v) is 2.83. The van der Waals surface area contributed by atoms with E-state index in [2.05, 4.69) is 14.9 Å². The van der Waals surface area contributed by atoms with Crippen LogP contribution in [0.5, 0.6) is 0 Å². The minimum atomic E-state index is -0.645. The van der Waals surface area contributed by atoms with E-state index in [9.17, 15) is 9.90 Å². The van der Waals surface area contributed by atoms with Gasteiger partial charge in [-0.05, 0) is 32.3 Å². The van der Waals surface area contributed by atoms with Crippen LogP contribution < -0.4 is 4.90 Å². The zero-order valence-corrected chi connectivity index (χ0v) is 11.6. The highest BCUT2D eigenvalue weighted by molar-refractivity contribution is 5.75. The first-order chi connectivity index (χ1) is 9.07. The standard InChI is InChI=1S/C14H21N3O2/c1-3-5-14(13(18)19)6-9-17(10-7-14)12-4-8-15-11(2)16-12/h4,8H,3,5-7,9-10H2,1-2H3,(H,18,19). The van der Waals surface area contributed by atoms with E-state index in [1.807, 2.05) is 19.9 Å². The third-order valence-corrected chi connectivity index (χ3v) is 3.99. The number of anilines is 1. The smallest absolute Gasteiger partial charge is 0.309 e. The van der Waals surface area contributed by atoms with Crippen LogP contribution in [0.3, 0.4) is 0 Å². The molecule has 1 aromatic heterocycles. The number of carbonyl (C=O) groups is 1. The van der Waals surface area contributed by atoms with E-state index >= 15 is 0 Å². The van der Waals surface area contributed by atoms with E-state index in [4.69, 9.17) is 0 Å². The molecule has 2 heterocycles. The quantitative estimate of drug-likeness (QED) is 0.902. The molecule has 1 fully saturated rings. The second-order valence-electron chi connectivity index (χ2n) is 5.28. The van der Waals surface area contributed by atoms with Gasteiger partial charge in [0.25, 0.3) is 0 Å². The van der Waals surface area contributed by atoms with Crippen LogP contribution in [-0.4, -0.2) is 34.1 Å². The van der Waals surface area contributed by atoms with Crippen LogP contribution in [0.4, 0.5) is 5.82 Å². The Morgan fingerprint density at radius 1 is 1.47 bits per heavy atom. The van der Waals surface area contributed by atoms with Crippen molar-refractivity contribution in [3.05, 3.63) is 18.1 Å². The maximum atomic E-state index is 11.5. The summed E-state index contributed by atoms with van der Waals surface area (Å²) in [6.45, 7) is 5.42. The average Bonchev–Trinajstić information content (AvgIpc) is 2.39. The topological polar surface area (TPSA) is 66.3 Å². The highest BCUT2D eigenvalue weighted by atomic mass is 16.4. The van der Waals surface area contributed by atoms with Crippen molar-refractivity contribution in [2.75, 3.05) is 18.0 Å². The molecule has 0 bridgehead atoms. The molecule has 1 aliphatic rings. The third kappa shape index (κ3) is 2.85. The lowest BCUT2D eigenvalue weighted by Gasteiger charge is -2.39. The first-order valence-corrected chi connectivity index (χ1v) is 6.85. The van der Waals surface area contributed by atoms with Crippen LogP contribution in [0.15, 0.2) is 12.3 Å². The molecule has 0 unspecified atom stereocenters. The van der Waals surface area contributed by atoms with Gasteiger partial charge < -0.3 is 10.0 Å². The molecule has 1 aliphatic heterocycles. The molecule has 0 aromatic carbocycles. The van der Waals surface area contributed by atoms with Gasteiger partial charge in [0.1, 0.15) is 11.6 Å². The van der Waals surface area contributed by atoms with Crippen molar-refractivity contribution in [3.63, 3.8) is 0 Å². The van der Waals surface area contributed by atoms with E-state index in [1.165, 1.54) is 0 Å². The summed E-state index contributed by atoms with van der Waals surface area (Å²) in [5.41, 5.74) is -0.534. The number of aryl methyl sites for hydroxylation is 1. The molecule has 5 heteroatoms. The highest BCUT2D eigenvalue weighted by Crippen LogP contribution is 2.37. The van der Waals surface area contributed by atoms with E-state index in [0.29, 0.717) is 12.8 Å². The molecule has 104 valence electrons. The number of aliphatic carboxylic acids is 1. The predicted octanol–water partition coefficient (Wildman–Crippen LogP) is 2.26. The Labute approximate surface area is 113 Å². The largest absolute Gasteiger partial charge is 0.481 e. The molecule has 0 radical (unpaired) electrons. The molecule has 1 saturated heterocycles. The Hall–Kier alpha value is -1.65. The summed E-state index contributed by atoms with van der Waals surface area (Å²) in [4.78, 5) is 22.2. The molecule has 1 aromatic rings. The molecule has 0 saturated carbocycles. The molecule has 19 heavy (non-hydrogen) atoms. The number of rotatable bonds is 4. The molecular formula is C14H21N3O2. The number of carboxylic acid groups (broad SMARTS) is 1. The van der Waals surface area contributed by atoms with Crippen LogP contribution in [0.2, 0.25) is 0 Å². The van der Waals surface area contributed by atoms with Crippen molar-refractivity contribution in [1.82, 2.24) is 9.97 Å². The number of carboxylic acids is 1. The number of hydrogen-bond donors (Lipinski definition) is 1. The SMILES string of the molecule is CCCC1(C(=O)O)CCN(c2ccnc(C)n2)CC1. The van der Waals surface area contributed by atoms with E-state index in [1.54, 1.807) is 6.20 Å². The van der Waals surface area contributed by atoms with Crippen molar-refractivity contribution in [1.29, 1.82) is 0 Å². The van der Waals surface area contributed by atoms with Gasteiger partial charge in [-0.15, -0.1) is 0 Å². The lowest BCUT2D eigenvalue weighted by atomic mass is 9.75. The van der Waals surface area contributed by atoms with Gasteiger partial charge in [-0.2, -0.15) is 0 Å². The minimum absolute atomic E-state index is 0.534. The summed E-state index contributed by atoms with van der Waals surface area (Å²) in [5, 5.41) is 9.48. The maximum absolute atomic E-state index is 11.5. The normalized spacial score (nSPS) is 18.3. The van der Waals surface area contributed by atoms with Crippen LogP contribution in [-0.2, 0) is 4.79 Å². The number of nitrogens with zero attached hydrogens (tertiary/aromatic N) is 3. The average molecular weight is 263 g/mol. The van der Waals surface area contributed by atoms with Crippen molar-refractivity contribution in [2.24, 2.45) is 5.41 Å². The molecule has 0 atom stereocenters. The van der Waals surface area contributed by atoms with Crippen molar-refractivity contribution < 1.29 is 9.90 Å². The Morgan fingerprint density at radius 2 is 2.16 bits per heavy atom. The fourth-order valence-electron chi connectivity index (χ4n) is 2.83. The van der Waals surface area contributed by atoms with Gasteiger partial charge in [0, 0.05) is 19.3 Å². The summed E-state index contributed by atoms with van der Waals surface area (Å²) in [6.07, 6.45) is 4.82. The number of piperidine rings is 1. The first kappa shape index (κ1) is 13.8. The lowest BCUT2D eigenvalue weighted by Crippen LogP contribution is -2.44. The van der Waals surface area contributed by atoms with Crippen molar-refractivity contribution >= 4 is 11.8 Å². The Balaban J connectivity index is 2.07. The summed E-state index contributed by atoms with van der Waals surface area (Å²) < 4.78 is 0. The minimum Gasteiger partial charge on any atom is -0.481 e. The second-order valence-corrected chi connectivity index (χ2v) is 5.28. The third-order valence-electron chi connectivity index (χ3n) is 3.99. The zero-order chi connectivity index (χ0) is 13.9. The number of aromatic nitrogens is 2. The molecule has 0 aliphatic carbocycles. The van der Waals surface area contributed by atoms with Crippen LogP contribution in [0.1, 0.15) is 38.4 Å². The summed E-state index contributed by atoms with van der Waals surface area (Å²) in [6, 6.07) is 1.89. The zero-order valence-electron chi connectivity index (χ0n) is 11.6. The van der Waals surface area contributed by atoms with E-state index in [0.717, 1.165) is 37.6 Å². The molecule has 1 N–H and O–H groups in total. The lowest BCUT2D eigenvalue weighted by molar-refractivity contribution is -0.150. The van der Waals surface area contributed by atoms with Gasteiger partial charge in [-0.3, -0.25) is 4.79 Å². The van der Waals surface area contributed by atoms with Crippen LogP contribution in [0, 0.1) is 12.3 Å². The monoisotopic (exact) mass is 263 g/mol. The first-order valence-electron chi connectivity index (χ1n) is 6.85. The predicted molar refractivity (Wildman–Crippen MR) is 73.2 cm³/mol. The number of hydrogen-bond acceptors (Lipinski definition) is 4. The molecule has 2 rings (SSSR count). The van der Waals surface area contributed by atoms with E-state index in [-0.39, 0.29) is 0 Å². The van der Waals surface area contributed by atoms with Gasteiger partial charge in [0.05, 0.1) is 5.41 Å². The van der Waals surface area contributed by atoms with Crippen molar-refractivity contribution in [3.8, 4) is 0 Å². The van der Waals surface area contributed by atoms with Crippen LogP contribution in [0.25, 0.3) is 0 Å². The summed E-state index contributed by atoms with van der Waals surface area (Å²) in [5.74, 6) is 1.01.